The van der Waals surface area contributed by atoms with E-state index in [1.165, 1.54) is 0 Å². The third-order valence-corrected chi connectivity index (χ3v) is 2.91. The molecule has 5 nitrogen and oxygen atoms in total. The number of nitrogens with zero attached hydrogens (tertiary/aromatic N) is 2. The maximum Gasteiger partial charge on any atom is 0.329 e. The Morgan fingerprint density at radius 3 is 2.53 bits per heavy atom. The summed E-state index contributed by atoms with van der Waals surface area (Å²) in [5.41, 5.74) is -0.0543. The Morgan fingerprint density at radius 1 is 1.32 bits per heavy atom. The normalized spacial score (nSPS) is 10.4. The molecule has 1 heterocycles. The van der Waals surface area contributed by atoms with E-state index in [0.29, 0.717) is 0 Å². The zero-order valence-electron chi connectivity index (χ0n) is 9.55. The first-order chi connectivity index (χ1) is 9.00. The first-order valence-corrected chi connectivity index (χ1v) is 5.67. The molecule has 1 aromatic heterocycles. The van der Waals surface area contributed by atoms with Crippen molar-refractivity contribution in [3.8, 4) is 0 Å². The molecule has 1 aromatic carbocycles. The smallest absolute Gasteiger partial charge is 0.329 e. The van der Waals surface area contributed by atoms with Gasteiger partial charge in [-0.3, -0.25) is 10.1 Å². The van der Waals surface area contributed by atoms with E-state index in [0.717, 1.165) is 11.8 Å². The lowest BCUT2D eigenvalue weighted by Gasteiger charge is -2.06. The third kappa shape index (κ3) is 2.63. The molecule has 0 atom stereocenters. The van der Waals surface area contributed by atoms with Crippen LogP contribution in [-0.4, -0.2) is 4.92 Å². The Bertz CT molecular complexity index is 635. The Kier molecular flexibility index (Phi) is 3.62. The molecule has 2 aromatic rings. The standard InChI is InChI=1S/C12H8ClFN2O3/c13-12-10(14)11(16(18)19)9(7-15(12)17)6-8-4-2-1-3-5-8/h1-5,7H,6H2. The summed E-state index contributed by atoms with van der Waals surface area (Å²) in [5.74, 6) is -1.31. The van der Waals surface area contributed by atoms with E-state index in [1.54, 1.807) is 30.3 Å². The van der Waals surface area contributed by atoms with Crippen molar-refractivity contribution in [1.82, 2.24) is 0 Å². The van der Waals surface area contributed by atoms with E-state index < -0.39 is 21.6 Å². The van der Waals surface area contributed by atoms with Crippen LogP contribution in [-0.2, 0) is 6.42 Å². The number of halogens is 2. The summed E-state index contributed by atoms with van der Waals surface area (Å²) in [5, 5.41) is 21.4. The average molecular weight is 283 g/mol. The number of benzene rings is 1. The zero-order valence-corrected chi connectivity index (χ0v) is 10.3. The molecule has 0 unspecified atom stereocenters. The van der Waals surface area contributed by atoms with Crippen LogP contribution < -0.4 is 4.73 Å². The minimum absolute atomic E-state index is 0.0203. The second kappa shape index (κ2) is 5.19. The minimum Gasteiger partial charge on any atom is -0.618 e. The number of pyridine rings is 1. The molecule has 7 heteroatoms. The Hall–Kier alpha value is -2.21. The number of nitro groups is 1. The van der Waals surface area contributed by atoms with Crippen molar-refractivity contribution in [1.29, 1.82) is 0 Å². The lowest BCUT2D eigenvalue weighted by Crippen LogP contribution is -2.30. The Balaban J connectivity index is 2.53. The van der Waals surface area contributed by atoms with Crippen LogP contribution >= 0.6 is 11.6 Å². The van der Waals surface area contributed by atoms with E-state index in [4.69, 9.17) is 11.6 Å². The highest BCUT2D eigenvalue weighted by molar-refractivity contribution is 6.28. The second-order valence-electron chi connectivity index (χ2n) is 3.85. The maximum absolute atomic E-state index is 13.7. The predicted molar refractivity (Wildman–Crippen MR) is 66.3 cm³/mol. The molecule has 0 fully saturated rings. The quantitative estimate of drug-likeness (QED) is 0.286. The number of aromatic nitrogens is 1. The van der Waals surface area contributed by atoms with Gasteiger partial charge in [0, 0.05) is 6.42 Å². The van der Waals surface area contributed by atoms with Gasteiger partial charge in [0.25, 0.3) is 5.82 Å². The van der Waals surface area contributed by atoms with Crippen molar-refractivity contribution >= 4 is 17.3 Å². The van der Waals surface area contributed by atoms with Gasteiger partial charge >= 0.3 is 10.8 Å². The Labute approximate surface area is 112 Å². The molecule has 0 bridgehead atoms. The molecule has 0 amide bonds. The van der Waals surface area contributed by atoms with Crippen molar-refractivity contribution < 1.29 is 14.0 Å². The van der Waals surface area contributed by atoms with Crippen molar-refractivity contribution in [3.05, 3.63) is 73.9 Å². The molecule has 0 aliphatic carbocycles. The van der Waals surface area contributed by atoms with Crippen molar-refractivity contribution in [2.75, 3.05) is 0 Å². The van der Waals surface area contributed by atoms with Gasteiger partial charge in [-0.2, -0.15) is 9.12 Å². The largest absolute Gasteiger partial charge is 0.618 e. The lowest BCUT2D eigenvalue weighted by atomic mass is 10.1. The molecule has 0 N–H and O–H groups in total. The summed E-state index contributed by atoms with van der Waals surface area (Å²) in [6, 6.07) is 8.74. The summed E-state index contributed by atoms with van der Waals surface area (Å²) >= 11 is 5.37. The number of rotatable bonds is 3. The second-order valence-corrected chi connectivity index (χ2v) is 4.21. The van der Waals surface area contributed by atoms with Crippen molar-refractivity contribution in [2.24, 2.45) is 0 Å². The number of hydrogen-bond donors (Lipinski definition) is 0. The first kappa shape index (κ1) is 13.2. The summed E-state index contributed by atoms with van der Waals surface area (Å²) in [6.45, 7) is 0. The van der Waals surface area contributed by atoms with Gasteiger partial charge in [0.05, 0.1) is 4.92 Å². The summed E-state index contributed by atoms with van der Waals surface area (Å²) < 4.78 is 13.8. The highest BCUT2D eigenvalue weighted by atomic mass is 35.5. The van der Waals surface area contributed by atoms with Crippen LogP contribution in [0.2, 0.25) is 5.15 Å². The van der Waals surface area contributed by atoms with E-state index >= 15 is 0 Å². The van der Waals surface area contributed by atoms with Crippen LogP contribution in [0.25, 0.3) is 0 Å². The third-order valence-electron chi connectivity index (χ3n) is 2.58. The van der Waals surface area contributed by atoms with Crippen LogP contribution in [0.5, 0.6) is 0 Å². The maximum atomic E-state index is 13.7. The summed E-state index contributed by atoms with van der Waals surface area (Å²) in [6.07, 6.45) is 1.00. The van der Waals surface area contributed by atoms with Crippen LogP contribution in [0.3, 0.4) is 0 Å². The fourth-order valence-electron chi connectivity index (χ4n) is 1.74. The van der Waals surface area contributed by atoms with Crippen molar-refractivity contribution in [3.63, 3.8) is 0 Å². The summed E-state index contributed by atoms with van der Waals surface area (Å²) in [4.78, 5) is 10.0. The monoisotopic (exact) mass is 282 g/mol. The molecule has 98 valence electrons. The molecule has 19 heavy (non-hydrogen) atoms. The van der Waals surface area contributed by atoms with Gasteiger partial charge in [0.2, 0.25) is 0 Å². The first-order valence-electron chi connectivity index (χ1n) is 5.29. The van der Waals surface area contributed by atoms with Gasteiger partial charge in [0.15, 0.2) is 6.20 Å². The summed E-state index contributed by atoms with van der Waals surface area (Å²) in [7, 11) is 0. The van der Waals surface area contributed by atoms with Crippen LogP contribution in [0.4, 0.5) is 10.1 Å². The lowest BCUT2D eigenvalue weighted by molar-refractivity contribution is -0.606. The SMILES string of the molecule is O=[N+]([O-])c1c(Cc2ccccc2)c[n+]([O-])c(Cl)c1F. The molecule has 0 saturated carbocycles. The van der Waals surface area contributed by atoms with E-state index in [2.05, 4.69) is 0 Å². The highest BCUT2D eigenvalue weighted by Crippen LogP contribution is 2.27. The van der Waals surface area contributed by atoms with Crippen LogP contribution in [0.15, 0.2) is 36.5 Å². The molecular formula is C12H8ClFN2O3. The van der Waals surface area contributed by atoms with Crippen LogP contribution in [0, 0.1) is 21.1 Å². The van der Waals surface area contributed by atoms with Gasteiger partial charge in [-0.25, -0.2) is 0 Å². The highest BCUT2D eigenvalue weighted by Gasteiger charge is 2.29. The van der Waals surface area contributed by atoms with E-state index in [-0.39, 0.29) is 16.7 Å². The van der Waals surface area contributed by atoms with Gasteiger partial charge in [0.1, 0.15) is 5.56 Å². The minimum atomic E-state index is -1.31. The van der Waals surface area contributed by atoms with Crippen LogP contribution in [0.1, 0.15) is 11.1 Å². The molecule has 0 aliphatic heterocycles. The predicted octanol–water partition coefficient (Wildman–Crippen LogP) is 2.61. The van der Waals surface area contributed by atoms with E-state index in [9.17, 15) is 19.7 Å². The fourth-order valence-corrected chi connectivity index (χ4v) is 1.88. The fraction of sp³-hybridized carbons (Fsp3) is 0.0833. The molecular weight excluding hydrogens is 275 g/mol. The molecule has 2 rings (SSSR count). The van der Waals surface area contributed by atoms with Gasteiger partial charge in [-0.05, 0) is 17.2 Å². The zero-order chi connectivity index (χ0) is 14.0. The van der Waals surface area contributed by atoms with E-state index in [1.807, 2.05) is 0 Å². The van der Waals surface area contributed by atoms with Gasteiger partial charge in [-0.1, -0.05) is 30.3 Å². The molecule has 0 aliphatic rings. The number of hydrogen-bond acceptors (Lipinski definition) is 3. The topological polar surface area (TPSA) is 70.1 Å². The van der Waals surface area contributed by atoms with Gasteiger partial charge in [-0.15, -0.1) is 0 Å². The van der Waals surface area contributed by atoms with Crippen molar-refractivity contribution in [2.45, 2.75) is 6.42 Å². The average Bonchev–Trinajstić information content (AvgIpc) is 2.37. The molecule has 0 radical (unpaired) electrons. The Morgan fingerprint density at radius 2 is 1.95 bits per heavy atom. The molecule has 0 saturated heterocycles. The molecule has 0 spiro atoms. The van der Waals surface area contributed by atoms with Gasteiger partial charge < -0.3 is 5.21 Å².